The number of hydrogen-bond donors (Lipinski definition) is 2. The predicted molar refractivity (Wildman–Crippen MR) is 135 cm³/mol. The molecule has 0 aromatic heterocycles. The third-order valence-corrected chi connectivity index (χ3v) is 6.23. The van der Waals surface area contributed by atoms with Gasteiger partial charge in [-0.3, -0.25) is 9.59 Å². The molecule has 0 unspecified atom stereocenters. The summed E-state index contributed by atoms with van der Waals surface area (Å²) >= 11 is 0. The standard InChI is InChI=1S/C27H29N3O6/c1-17-22(26(32)30(29-17)21-10-6-7-19(15-21)27(33)34)13-18-11-12-23(24(14-18)35-2)36-16-25(31)28-20-8-4-3-5-9-20/h6-7,10-15,20H,3-5,8-9,16H2,1-2H3,(H,28,31)(H,33,34)/b22-13+. The number of anilines is 1. The van der Waals surface area contributed by atoms with Gasteiger partial charge in [0, 0.05) is 6.04 Å². The van der Waals surface area contributed by atoms with Gasteiger partial charge in [0.2, 0.25) is 0 Å². The molecule has 1 aliphatic heterocycles. The van der Waals surface area contributed by atoms with Crippen LogP contribution in [0, 0.1) is 0 Å². The molecule has 2 N–H and O–H groups in total. The maximum absolute atomic E-state index is 13.1. The van der Waals surface area contributed by atoms with Crippen molar-refractivity contribution in [1.29, 1.82) is 0 Å². The third-order valence-electron chi connectivity index (χ3n) is 6.23. The van der Waals surface area contributed by atoms with E-state index in [1.54, 1.807) is 43.3 Å². The molecule has 0 saturated heterocycles. The van der Waals surface area contributed by atoms with E-state index in [4.69, 9.17) is 9.47 Å². The molecule has 1 saturated carbocycles. The first-order valence-corrected chi connectivity index (χ1v) is 11.9. The van der Waals surface area contributed by atoms with Crippen LogP contribution in [0.3, 0.4) is 0 Å². The van der Waals surface area contributed by atoms with Gasteiger partial charge in [-0.2, -0.15) is 10.1 Å². The van der Waals surface area contributed by atoms with Crippen molar-refractivity contribution in [3.63, 3.8) is 0 Å². The van der Waals surface area contributed by atoms with Crippen LogP contribution in [-0.2, 0) is 9.59 Å². The van der Waals surface area contributed by atoms with Crippen LogP contribution in [0.1, 0.15) is 54.9 Å². The van der Waals surface area contributed by atoms with Crippen molar-refractivity contribution in [3.8, 4) is 11.5 Å². The number of hydrazone groups is 1. The number of nitrogens with one attached hydrogen (secondary N) is 1. The zero-order chi connectivity index (χ0) is 25.7. The second-order valence-corrected chi connectivity index (χ2v) is 8.82. The van der Waals surface area contributed by atoms with Crippen LogP contribution < -0.4 is 19.8 Å². The summed E-state index contributed by atoms with van der Waals surface area (Å²) in [6.45, 7) is 1.60. The summed E-state index contributed by atoms with van der Waals surface area (Å²) in [4.78, 5) is 36.6. The summed E-state index contributed by atoms with van der Waals surface area (Å²) in [6, 6.07) is 11.4. The zero-order valence-electron chi connectivity index (χ0n) is 20.3. The Labute approximate surface area is 209 Å². The number of methoxy groups -OCH3 is 1. The fraction of sp³-hybridized carbons (Fsp3) is 0.333. The Kier molecular flexibility index (Phi) is 7.68. The van der Waals surface area contributed by atoms with Crippen molar-refractivity contribution in [2.24, 2.45) is 5.10 Å². The zero-order valence-corrected chi connectivity index (χ0v) is 20.3. The summed E-state index contributed by atoms with van der Waals surface area (Å²) in [6.07, 6.45) is 7.18. The number of hydrogen-bond acceptors (Lipinski definition) is 6. The number of carboxylic acid groups (broad SMARTS) is 1. The van der Waals surface area contributed by atoms with Gasteiger partial charge in [-0.25, -0.2) is 4.79 Å². The van der Waals surface area contributed by atoms with Crippen molar-refractivity contribution in [2.75, 3.05) is 18.7 Å². The lowest BCUT2D eigenvalue weighted by atomic mass is 9.95. The van der Waals surface area contributed by atoms with Gasteiger partial charge in [-0.15, -0.1) is 0 Å². The van der Waals surface area contributed by atoms with Crippen molar-refractivity contribution >= 4 is 35.3 Å². The van der Waals surface area contributed by atoms with Crippen LogP contribution in [0.2, 0.25) is 0 Å². The van der Waals surface area contributed by atoms with Crippen LogP contribution in [0.5, 0.6) is 11.5 Å². The second-order valence-electron chi connectivity index (χ2n) is 8.82. The van der Waals surface area contributed by atoms with E-state index in [0.717, 1.165) is 25.7 Å². The monoisotopic (exact) mass is 491 g/mol. The molecule has 0 spiro atoms. The Morgan fingerprint density at radius 1 is 1.14 bits per heavy atom. The van der Waals surface area contributed by atoms with Crippen LogP contribution in [0.25, 0.3) is 6.08 Å². The second kappa shape index (κ2) is 11.1. The molecule has 1 fully saturated rings. The Morgan fingerprint density at radius 2 is 1.92 bits per heavy atom. The maximum atomic E-state index is 13.1. The number of aromatic carboxylic acids is 1. The Balaban J connectivity index is 1.45. The van der Waals surface area contributed by atoms with Crippen molar-refractivity contribution in [3.05, 3.63) is 59.2 Å². The molecule has 0 atom stereocenters. The first kappa shape index (κ1) is 25.0. The number of amides is 2. The highest BCUT2D eigenvalue weighted by Crippen LogP contribution is 2.31. The minimum Gasteiger partial charge on any atom is -0.493 e. The number of carboxylic acids is 1. The normalized spacial score (nSPS) is 17.2. The van der Waals surface area contributed by atoms with E-state index in [1.807, 2.05) is 0 Å². The van der Waals surface area contributed by atoms with Crippen molar-refractivity contribution in [1.82, 2.24) is 5.32 Å². The number of nitrogens with zero attached hydrogens (tertiary/aromatic N) is 2. The Hall–Kier alpha value is -4.14. The van der Waals surface area contributed by atoms with E-state index >= 15 is 0 Å². The number of carbonyl (C=O) groups is 3. The lowest BCUT2D eigenvalue weighted by Crippen LogP contribution is -2.39. The van der Waals surface area contributed by atoms with E-state index in [2.05, 4.69) is 10.4 Å². The smallest absolute Gasteiger partial charge is 0.335 e. The van der Waals surface area contributed by atoms with Crippen molar-refractivity contribution in [2.45, 2.75) is 45.1 Å². The Morgan fingerprint density at radius 3 is 2.64 bits per heavy atom. The SMILES string of the molecule is COc1cc(/C=C2/C(=O)N(c3cccc(C(=O)O)c3)N=C2C)ccc1OCC(=O)NC1CCCCC1. The average Bonchev–Trinajstić information content (AvgIpc) is 3.16. The van der Waals surface area contributed by atoms with Crippen LogP contribution >= 0.6 is 0 Å². The van der Waals surface area contributed by atoms with Crippen LogP contribution in [0.15, 0.2) is 53.1 Å². The van der Waals surface area contributed by atoms with E-state index in [0.29, 0.717) is 34.0 Å². The highest BCUT2D eigenvalue weighted by Gasteiger charge is 2.29. The van der Waals surface area contributed by atoms with E-state index in [1.165, 1.54) is 30.7 Å². The molecule has 36 heavy (non-hydrogen) atoms. The first-order valence-electron chi connectivity index (χ1n) is 11.9. The molecular weight excluding hydrogens is 462 g/mol. The number of rotatable bonds is 8. The molecule has 4 rings (SSSR count). The molecule has 2 aromatic carbocycles. The van der Waals surface area contributed by atoms with Gasteiger partial charge in [0.1, 0.15) is 0 Å². The largest absolute Gasteiger partial charge is 0.493 e. The van der Waals surface area contributed by atoms with Gasteiger partial charge in [0.05, 0.1) is 29.6 Å². The quantitative estimate of drug-likeness (QED) is 0.539. The molecule has 0 bridgehead atoms. The minimum atomic E-state index is -1.08. The third kappa shape index (κ3) is 5.73. The van der Waals surface area contributed by atoms with Gasteiger partial charge >= 0.3 is 5.97 Å². The highest BCUT2D eigenvalue weighted by molar-refractivity contribution is 6.32. The lowest BCUT2D eigenvalue weighted by molar-refractivity contribution is -0.124. The van der Waals surface area contributed by atoms with Gasteiger partial charge in [0.15, 0.2) is 18.1 Å². The molecule has 1 aliphatic carbocycles. The molecular formula is C27H29N3O6. The van der Waals surface area contributed by atoms with Gasteiger partial charge in [-0.1, -0.05) is 31.4 Å². The topological polar surface area (TPSA) is 118 Å². The highest BCUT2D eigenvalue weighted by atomic mass is 16.5. The number of ether oxygens (including phenoxy) is 2. The van der Waals surface area contributed by atoms with E-state index in [9.17, 15) is 19.5 Å². The van der Waals surface area contributed by atoms with Crippen LogP contribution in [0.4, 0.5) is 5.69 Å². The minimum absolute atomic E-state index is 0.0679. The number of benzene rings is 2. The summed E-state index contributed by atoms with van der Waals surface area (Å²) in [5, 5.41) is 17.8. The van der Waals surface area contributed by atoms with E-state index < -0.39 is 5.97 Å². The summed E-state index contributed by atoms with van der Waals surface area (Å²) in [5.41, 5.74) is 2.00. The molecule has 9 nitrogen and oxygen atoms in total. The molecule has 0 radical (unpaired) electrons. The van der Waals surface area contributed by atoms with E-state index in [-0.39, 0.29) is 30.0 Å². The molecule has 2 amide bonds. The maximum Gasteiger partial charge on any atom is 0.335 e. The number of carbonyl (C=O) groups excluding carboxylic acids is 2. The molecule has 2 aliphatic rings. The summed E-state index contributed by atoms with van der Waals surface area (Å²) in [5.74, 6) is -0.755. The molecule has 188 valence electrons. The lowest BCUT2D eigenvalue weighted by Gasteiger charge is -2.22. The van der Waals surface area contributed by atoms with Crippen LogP contribution in [-0.4, -0.2) is 48.4 Å². The summed E-state index contributed by atoms with van der Waals surface area (Å²) in [7, 11) is 1.51. The van der Waals surface area contributed by atoms with Gasteiger partial charge in [-0.05, 0) is 61.7 Å². The fourth-order valence-electron chi connectivity index (χ4n) is 4.35. The molecule has 1 heterocycles. The first-order chi connectivity index (χ1) is 17.4. The fourth-order valence-corrected chi connectivity index (χ4v) is 4.35. The van der Waals surface area contributed by atoms with Gasteiger partial charge < -0.3 is 19.9 Å². The van der Waals surface area contributed by atoms with Gasteiger partial charge in [0.25, 0.3) is 11.8 Å². The molecule has 2 aromatic rings. The Bertz CT molecular complexity index is 1230. The average molecular weight is 492 g/mol. The summed E-state index contributed by atoms with van der Waals surface area (Å²) < 4.78 is 11.1. The van der Waals surface area contributed by atoms with Crippen molar-refractivity contribution < 1.29 is 29.0 Å². The molecule has 9 heteroatoms. The predicted octanol–water partition coefficient (Wildman–Crippen LogP) is 4.03.